The van der Waals surface area contributed by atoms with Crippen LogP contribution in [0, 0.1) is 0 Å². The van der Waals surface area contributed by atoms with Crippen LogP contribution in [0.5, 0.6) is 5.75 Å². The molecule has 1 fully saturated rings. The summed E-state index contributed by atoms with van der Waals surface area (Å²) in [5.74, 6) is 0.645. The normalized spacial score (nSPS) is 19.8. The Hall–Kier alpha value is -1.75. The minimum Gasteiger partial charge on any atom is -0.486 e. The van der Waals surface area contributed by atoms with Gasteiger partial charge in [-0.15, -0.1) is 0 Å². The summed E-state index contributed by atoms with van der Waals surface area (Å²) in [5.41, 5.74) is 7.16. The molecule has 1 unspecified atom stereocenters. The number of ether oxygens (including phenoxy) is 2. The van der Waals surface area contributed by atoms with Gasteiger partial charge in [-0.3, -0.25) is 0 Å². The molecule has 1 atom stereocenters. The second-order valence-electron chi connectivity index (χ2n) is 5.91. The molecule has 1 heterocycles. The van der Waals surface area contributed by atoms with Crippen LogP contribution >= 0.6 is 0 Å². The van der Waals surface area contributed by atoms with Gasteiger partial charge in [0.2, 0.25) is 0 Å². The van der Waals surface area contributed by atoms with Crippen LogP contribution in [0.4, 0.5) is 11.4 Å². The Kier molecular flexibility index (Phi) is 4.18. The van der Waals surface area contributed by atoms with Gasteiger partial charge >= 0.3 is 0 Å². The second kappa shape index (κ2) is 5.71. The lowest BCUT2D eigenvalue weighted by Gasteiger charge is -2.34. The quantitative estimate of drug-likeness (QED) is 0.675. The molecule has 1 saturated heterocycles. The zero-order chi connectivity index (χ0) is 14.8. The lowest BCUT2D eigenvalue weighted by Crippen LogP contribution is -2.46. The molecule has 0 saturated carbocycles. The van der Waals surface area contributed by atoms with Gasteiger partial charge in [-0.25, -0.2) is 0 Å². The predicted octanol–water partition coefficient (Wildman–Crippen LogP) is 1.85. The number of nitrogens with two attached hydrogens (primary N) is 1. The number of carbonyl (C=O) groups is 1. The van der Waals surface area contributed by atoms with E-state index in [9.17, 15) is 4.79 Å². The maximum absolute atomic E-state index is 11.1. The first-order chi connectivity index (χ1) is 9.40. The topological polar surface area (TPSA) is 64.8 Å². The van der Waals surface area contributed by atoms with E-state index >= 15 is 0 Å². The molecule has 2 N–H and O–H groups in total. The van der Waals surface area contributed by atoms with E-state index in [0.29, 0.717) is 31.2 Å². The summed E-state index contributed by atoms with van der Waals surface area (Å²) in [6.07, 6.45) is 0.916. The molecule has 0 spiro atoms. The van der Waals surface area contributed by atoms with Crippen molar-refractivity contribution in [2.24, 2.45) is 0 Å². The number of carbonyl (C=O) groups excluding carboxylic acids is 1. The molecule has 110 valence electrons. The molecule has 0 bridgehead atoms. The molecule has 5 nitrogen and oxygen atoms in total. The van der Waals surface area contributed by atoms with Crippen molar-refractivity contribution in [2.75, 3.05) is 30.4 Å². The van der Waals surface area contributed by atoms with Gasteiger partial charge in [0.15, 0.2) is 0 Å². The average Bonchev–Trinajstić information content (AvgIpc) is 2.40. The molecule has 1 aliphatic heterocycles. The molecule has 0 amide bonds. The lowest BCUT2D eigenvalue weighted by molar-refractivity contribution is -0.111. The van der Waals surface area contributed by atoms with E-state index in [-0.39, 0.29) is 11.6 Å². The van der Waals surface area contributed by atoms with Crippen LogP contribution in [0.3, 0.4) is 0 Å². The highest BCUT2D eigenvalue weighted by Crippen LogP contribution is 2.31. The number of hydrogen-bond acceptors (Lipinski definition) is 5. The van der Waals surface area contributed by atoms with E-state index in [1.807, 2.05) is 43.9 Å². The van der Waals surface area contributed by atoms with Gasteiger partial charge < -0.3 is 24.9 Å². The zero-order valence-corrected chi connectivity index (χ0v) is 12.3. The number of nitrogens with zero attached hydrogens (tertiary/aromatic N) is 1. The fraction of sp³-hybridized carbons (Fsp3) is 0.533. The maximum Gasteiger partial charge on any atom is 0.145 e. The monoisotopic (exact) mass is 278 g/mol. The summed E-state index contributed by atoms with van der Waals surface area (Å²) in [4.78, 5) is 13.2. The van der Waals surface area contributed by atoms with E-state index in [1.54, 1.807) is 0 Å². The number of morpholine rings is 1. The molecule has 1 aliphatic rings. The van der Waals surface area contributed by atoms with Crippen LogP contribution in [0.15, 0.2) is 18.2 Å². The third-order valence-corrected chi connectivity index (χ3v) is 3.07. The molecule has 1 aromatic carbocycles. The van der Waals surface area contributed by atoms with Gasteiger partial charge in [0.25, 0.3) is 0 Å². The van der Waals surface area contributed by atoms with E-state index in [0.717, 1.165) is 12.0 Å². The second-order valence-corrected chi connectivity index (χ2v) is 5.91. The lowest BCUT2D eigenvalue weighted by atomic mass is 10.1. The first-order valence-electron chi connectivity index (χ1n) is 6.79. The number of hydrogen-bond donors (Lipinski definition) is 1. The van der Waals surface area contributed by atoms with Gasteiger partial charge in [-0.05, 0) is 32.9 Å². The number of aldehydes is 1. The number of benzene rings is 1. The van der Waals surface area contributed by atoms with Crippen molar-refractivity contribution in [1.82, 2.24) is 0 Å². The minimum absolute atomic E-state index is 0.255. The zero-order valence-electron chi connectivity index (χ0n) is 12.3. The third-order valence-electron chi connectivity index (χ3n) is 3.07. The summed E-state index contributed by atoms with van der Waals surface area (Å²) in [5, 5.41) is 0. The SMILES string of the molecule is CC(C)(C)Oc1cc(N2CCOCC2C=O)ccc1N. The van der Waals surface area contributed by atoms with Crippen molar-refractivity contribution in [3.05, 3.63) is 18.2 Å². The van der Waals surface area contributed by atoms with Crippen LogP contribution in [-0.4, -0.2) is 37.7 Å². The van der Waals surface area contributed by atoms with Crippen molar-refractivity contribution < 1.29 is 14.3 Å². The van der Waals surface area contributed by atoms with E-state index in [1.165, 1.54) is 0 Å². The van der Waals surface area contributed by atoms with E-state index < -0.39 is 0 Å². The first kappa shape index (κ1) is 14.7. The number of nitrogen functional groups attached to an aromatic ring is 1. The van der Waals surface area contributed by atoms with Gasteiger partial charge in [0, 0.05) is 18.3 Å². The fourth-order valence-corrected chi connectivity index (χ4v) is 2.18. The van der Waals surface area contributed by atoms with Crippen molar-refractivity contribution in [3.63, 3.8) is 0 Å². The third kappa shape index (κ3) is 3.42. The van der Waals surface area contributed by atoms with Gasteiger partial charge in [-0.1, -0.05) is 0 Å². The Bertz CT molecular complexity index is 482. The predicted molar refractivity (Wildman–Crippen MR) is 79.3 cm³/mol. The van der Waals surface area contributed by atoms with Crippen molar-refractivity contribution >= 4 is 17.7 Å². The Morgan fingerprint density at radius 2 is 2.20 bits per heavy atom. The fourth-order valence-electron chi connectivity index (χ4n) is 2.18. The smallest absolute Gasteiger partial charge is 0.145 e. The standard InChI is InChI=1S/C15H22N2O3/c1-15(2,3)20-14-8-11(4-5-13(14)16)17-6-7-19-10-12(17)9-18/h4-5,8-9,12H,6-7,10,16H2,1-3H3. The summed E-state index contributed by atoms with van der Waals surface area (Å²) < 4.78 is 11.2. The highest BCUT2D eigenvalue weighted by Gasteiger charge is 2.24. The number of anilines is 2. The molecule has 20 heavy (non-hydrogen) atoms. The van der Waals surface area contributed by atoms with Gasteiger partial charge in [0.05, 0.1) is 18.9 Å². The summed E-state index contributed by atoms with van der Waals surface area (Å²) in [7, 11) is 0. The van der Waals surface area contributed by atoms with Crippen LogP contribution in [-0.2, 0) is 9.53 Å². The Labute approximate surface area is 119 Å². The molecule has 0 aromatic heterocycles. The van der Waals surface area contributed by atoms with Crippen molar-refractivity contribution in [3.8, 4) is 5.75 Å². The minimum atomic E-state index is -0.318. The summed E-state index contributed by atoms with van der Waals surface area (Å²) in [6, 6.07) is 5.36. The van der Waals surface area contributed by atoms with Crippen LogP contribution in [0.1, 0.15) is 20.8 Å². The van der Waals surface area contributed by atoms with Gasteiger partial charge in [-0.2, -0.15) is 0 Å². The largest absolute Gasteiger partial charge is 0.486 e. The Morgan fingerprint density at radius 3 is 2.85 bits per heavy atom. The molecule has 1 aromatic rings. The average molecular weight is 278 g/mol. The van der Waals surface area contributed by atoms with E-state index in [2.05, 4.69) is 0 Å². The molecular weight excluding hydrogens is 256 g/mol. The van der Waals surface area contributed by atoms with Crippen molar-refractivity contribution in [1.29, 1.82) is 0 Å². The van der Waals surface area contributed by atoms with E-state index in [4.69, 9.17) is 15.2 Å². The Morgan fingerprint density at radius 1 is 1.45 bits per heavy atom. The highest BCUT2D eigenvalue weighted by atomic mass is 16.5. The van der Waals surface area contributed by atoms with Crippen LogP contribution in [0.2, 0.25) is 0 Å². The molecular formula is C15H22N2O3. The first-order valence-corrected chi connectivity index (χ1v) is 6.79. The number of rotatable bonds is 3. The van der Waals surface area contributed by atoms with Crippen LogP contribution in [0.25, 0.3) is 0 Å². The Balaban J connectivity index is 2.28. The molecule has 0 aliphatic carbocycles. The van der Waals surface area contributed by atoms with Crippen molar-refractivity contribution in [2.45, 2.75) is 32.4 Å². The summed E-state index contributed by atoms with van der Waals surface area (Å²) >= 11 is 0. The maximum atomic E-state index is 11.1. The molecule has 5 heteroatoms. The van der Waals surface area contributed by atoms with Crippen LogP contribution < -0.4 is 15.4 Å². The molecule has 0 radical (unpaired) electrons. The summed E-state index contributed by atoms with van der Waals surface area (Å²) in [6.45, 7) is 7.64. The highest BCUT2D eigenvalue weighted by molar-refractivity contribution is 5.70. The van der Waals surface area contributed by atoms with Gasteiger partial charge in [0.1, 0.15) is 23.7 Å². The molecule has 2 rings (SSSR count).